The van der Waals surface area contributed by atoms with Crippen molar-refractivity contribution < 1.29 is 0 Å². The zero-order valence-electron chi connectivity index (χ0n) is 10.8. The van der Waals surface area contributed by atoms with Crippen LogP contribution in [0.4, 0.5) is 0 Å². The van der Waals surface area contributed by atoms with Gasteiger partial charge in [-0.15, -0.1) is 0 Å². The van der Waals surface area contributed by atoms with E-state index in [1.807, 2.05) is 18.7 Å². The summed E-state index contributed by atoms with van der Waals surface area (Å²) in [6.07, 6.45) is 6.90. The van der Waals surface area contributed by atoms with Gasteiger partial charge in [-0.2, -0.15) is 0 Å². The van der Waals surface area contributed by atoms with Crippen LogP contribution in [0.25, 0.3) is 0 Å². The van der Waals surface area contributed by atoms with E-state index in [0.717, 1.165) is 13.1 Å². The van der Waals surface area contributed by atoms with Crippen LogP contribution in [0.1, 0.15) is 34.1 Å². The van der Waals surface area contributed by atoms with E-state index in [1.165, 1.54) is 6.42 Å². The molecule has 0 unspecified atom stereocenters. The van der Waals surface area contributed by atoms with E-state index in [2.05, 4.69) is 42.6 Å². The topological polar surface area (TPSA) is 29.9 Å². The molecule has 90 valence electrons. The number of nitrogens with one attached hydrogen (secondary N) is 1. The van der Waals surface area contributed by atoms with E-state index in [-0.39, 0.29) is 0 Å². The maximum absolute atomic E-state index is 4.04. The van der Waals surface area contributed by atoms with Gasteiger partial charge in [0.2, 0.25) is 0 Å². The SMILES string of the molecule is CC1(C)C(NCCCn2ccnc2)C1(C)C. The fourth-order valence-electron chi connectivity index (χ4n) is 2.63. The van der Waals surface area contributed by atoms with Crippen molar-refractivity contribution in [2.75, 3.05) is 6.54 Å². The van der Waals surface area contributed by atoms with Crippen molar-refractivity contribution in [3.05, 3.63) is 18.7 Å². The van der Waals surface area contributed by atoms with Crippen molar-refractivity contribution in [3.8, 4) is 0 Å². The summed E-state index contributed by atoms with van der Waals surface area (Å²) < 4.78 is 2.13. The Morgan fingerprint density at radius 1 is 1.25 bits per heavy atom. The number of aryl methyl sites for hydroxylation is 1. The molecule has 0 radical (unpaired) electrons. The van der Waals surface area contributed by atoms with Crippen molar-refractivity contribution >= 4 is 0 Å². The molecule has 16 heavy (non-hydrogen) atoms. The normalized spacial score (nSPS) is 22.2. The monoisotopic (exact) mass is 221 g/mol. The lowest BCUT2D eigenvalue weighted by Gasteiger charge is -2.06. The minimum absolute atomic E-state index is 0.446. The molecule has 0 atom stereocenters. The Balaban J connectivity index is 1.67. The molecule has 1 aliphatic carbocycles. The van der Waals surface area contributed by atoms with Gasteiger partial charge in [0.25, 0.3) is 0 Å². The molecule has 2 rings (SSSR count). The van der Waals surface area contributed by atoms with Gasteiger partial charge in [-0.25, -0.2) is 4.98 Å². The van der Waals surface area contributed by atoms with E-state index >= 15 is 0 Å². The second kappa shape index (κ2) is 3.88. The number of imidazole rings is 1. The predicted molar refractivity (Wildman–Crippen MR) is 66.2 cm³/mol. The Morgan fingerprint density at radius 3 is 2.44 bits per heavy atom. The molecule has 1 aliphatic rings. The first kappa shape index (κ1) is 11.6. The van der Waals surface area contributed by atoms with E-state index in [4.69, 9.17) is 0 Å². The number of aromatic nitrogens is 2. The van der Waals surface area contributed by atoms with Gasteiger partial charge in [0.05, 0.1) is 6.33 Å². The van der Waals surface area contributed by atoms with Gasteiger partial charge in [0.1, 0.15) is 0 Å². The molecule has 1 aromatic rings. The standard InChI is InChI=1S/C13H23N3/c1-12(2)11(13(12,3)4)15-6-5-8-16-9-7-14-10-16/h7,9-11,15H,5-6,8H2,1-4H3. The Morgan fingerprint density at radius 2 is 1.94 bits per heavy atom. The Bertz CT molecular complexity index is 324. The van der Waals surface area contributed by atoms with Gasteiger partial charge in [-0.1, -0.05) is 27.7 Å². The molecule has 0 amide bonds. The van der Waals surface area contributed by atoms with E-state index in [0.29, 0.717) is 16.9 Å². The van der Waals surface area contributed by atoms with Crippen molar-refractivity contribution in [1.29, 1.82) is 0 Å². The third kappa shape index (κ3) is 1.88. The Labute approximate surface area is 98.3 Å². The molecule has 3 nitrogen and oxygen atoms in total. The summed E-state index contributed by atoms with van der Waals surface area (Å²) in [5.74, 6) is 0. The lowest BCUT2D eigenvalue weighted by Crippen LogP contribution is -2.24. The highest BCUT2D eigenvalue weighted by Crippen LogP contribution is 2.62. The van der Waals surface area contributed by atoms with Crippen LogP contribution >= 0.6 is 0 Å². The van der Waals surface area contributed by atoms with Crippen LogP contribution in [-0.2, 0) is 6.54 Å². The van der Waals surface area contributed by atoms with Gasteiger partial charge in [-0.05, 0) is 23.8 Å². The molecule has 1 aromatic heterocycles. The van der Waals surface area contributed by atoms with Crippen LogP contribution in [0.15, 0.2) is 18.7 Å². The number of hydrogen-bond donors (Lipinski definition) is 1. The summed E-state index contributed by atoms with van der Waals surface area (Å²) in [6, 6.07) is 0.669. The Hall–Kier alpha value is -0.830. The van der Waals surface area contributed by atoms with E-state index in [1.54, 1.807) is 0 Å². The number of rotatable bonds is 5. The molecular weight excluding hydrogens is 198 g/mol. The van der Waals surface area contributed by atoms with Gasteiger partial charge < -0.3 is 9.88 Å². The highest BCUT2D eigenvalue weighted by molar-refractivity contribution is 5.17. The average molecular weight is 221 g/mol. The van der Waals surface area contributed by atoms with Crippen LogP contribution in [0.3, 0.4) is 0 Å². The number of hydrogen-bond acceptors (Lipinski definition) is 2. The summed E-state index contributed by atoms with van der Waals surface area (Å²) >= 11 is 0. The highest BCUT2D eigenvalue weighted by atomic mass is 15.1. The van der Waals surface area contributed by atoms with Crippen LogP contribution in [0.5, 0.6) is 0 Å². The molecular formula is C13H23N3. The first-order valence-corrected chi connectivity index (χ1v) is 6.15. The first-order chi connectivity index (χ1) is 7.46. The molecule has 0 saturated heterocycles. The van der Waals surface area contributed by atoms with Crippen LogP contribution in [-0.4, -0.2) is 22.1 Å². The van der Waals surface area contributed by atoms with Gasteiger partial charge >= 0.3 is 0 Å². The second-order valence-electron chi connectivity index (χ2n) is 5.98. The van der Waals surface area contributed by atoms with Crippen molar-refractivity contribution in [3.63, 3.8) is 0 Å². The third-order valence-electron chi connectivity index (χ3n) is 4.52. The quantitative estimate of drug-likeness (QED) is 0.773. The van der Waals surface area contributed by atoms with Crippen LogP contribution in [0, 0.1) is 10.8 Å². The Kier molecular flexibility index (Phi) is 2.82. The minimum Gasteiger partial charge on any atom is -0.337 e. The predicted octanol–water partition coefficient (Wildman–Crippen LogP) is 2.30. The highest BCUT2D eigenvalue weighted by Gasteiger charge is 2.64. The molecule has 3 heteroatoms. The molecule has 0 bridgehead atoms. The molecule has 1 fully saturated rings. The van der Waals surface area contributed by atoms with Crippen molar-refractivity contribution in [2.45, 2.75) is 46.7 Å². The van der Waals surface area contributed by atoms with Gasteiger partial charge in [0, 0.05) is 25.0 Å². The minimum atomic E-state index is 0.446. The molecule has 1 saturated carbocycles. The largest absolute Gasteiger partial charge is 0.337 e. The molecule has 0 aromatic carbocycles. The van der Waals surface area contributed by atoms with E-state index < -0.39 is 0 Å². The zero-order chi connectivity index (χ0) is 11.8. The van der Waals surface area contributed by atoms with Crippen LogP contribution in [0.2, 0.25) is 0 Å². The maximum Gasteiger partial charge on any atom is 0.0945 e. The number of nitrogens with zero attached hydrogens (tertiary/aromatic N) is 2. The third-order valence-corrected chi connectivity index (χ3v) is 4.52. The van der Waals surface area contributed by atoms with Gasteiger partial charge in [0.15, 0.2) is 0 Å². The van der Waals surface area contributed by atoms with Gasteiger partial charge in [-0.3, -0.25) is 0 Å². The summed E-state index contributed by atoms with van der Waals surface area (Å²) in [6.45, 7) is 11.5. The molecule has 1 N–H and O–H groups in total. The maximum atomic E-state index is 4.04. The average Bonchev–Trinajstić information content (AvgIpc) is 2.64. The first-order valence-electron chi connectivity index (χ1n) is 6.15. The smallest absolute Gasteiger partial charge is 0.0945 e. The fourth-order valence-corrected chi connectivity index (χ4v) is 2.63. The van der Waals surface area contributed by atoms with E-state index in [9.17, 15) is 0 Å². The van der Waals surface area contributed by atoms with Crippen molar-refractivity contribution in [1.82, 2.24) is 14.9 Å². The zero-order valence-corrected chi connectivity index (χ0v) is 10.8. The summed E-state index contributed by atoms with van der Waals surface area (Å²) in [4.78, 5) is 4.04. The van der Waals surface area contributed by atoms with Crippen molar-refractivity contribution in [2.24, 2.45) is 10.8 Å². The molecule has 0 aliphatic heterocycles. The summed E-state index contributed by atoms with van der Waals surface area (Å²) in [5, 5.41) is 3.67. The molecule has 1 heterocycles. The summed E-state index contributed by atoms with van der Waals surface area (Å²) in [5.41, 5.74) is 0.893. The fraction of sp³-hybridized carbons (Fsp3) is 0.769. The van der Waals surface area contributed by atoms with Crippen LogP contribution < -0.4 is 5.32 Å². The lowest BCUT2D eigenvalue weighted by molar-refractivity contribution is 0.457. The summed E-state index contributed by atoms with van der Waals surface area (Å²) in [7, 11) is 0. The molecule has 0 spiro atoms. The second-order valence-corrected chi connectivity index (χ2v) is 5.98. The lowest BCUT2D eigenvalue weighted by atomic mass is 10.0.